The Labute approximate surface area is 139 Å². The van der Waals surface area contributed by atoms with Gasteiger partial charge in [0.2, 0.25) is 5.91 Å². The van der Waals surface area contributed by atoms with Gasteiger partial charge in [-0.15, -0.1) is 12.4 Å². The van der Waals surface area contributed by atoms with Crippen LogP contribution in [0.15, 0.2) is 30.3 Å². The van der Waals surface area contributed by atoms with Crippen molar-refractivity contribution in [3.63, 3.8) is 0 Å². The predicted molar refractivity (Wildman–Crippen MR) is 91.1 cm³/mol. The molecule has 2 saturated heterocycles. The van der Waals surface area contributed by atoms with Crippen LogP contribution in [-0.4, -0.2) is 55.0 Å². The van der Waals surface area contributed by atoms with E-state index in [0.717, 1.165) is 51.1 Å². The van der Waals surface area contributed by atoms with E-state index in [9.17, 15) is 4.79 Å². The van der Waals surface area contributed by atoms with E-state index in [2.05, 4.69) is 29.3 Å². The number of fused-ring (bicyclic) bond motifs is 1. The lowest BCUT2D eigenvalue weighted by Gasteiger charge is -2.24. The van der Waals surface area contributed by atoms with E-state index in [0.29, 0.717) is 6.54 Å². The highest BCUT2D eigenvalue weighted by Gasteiger charge is 2.36. The number of nitrogens with zero attached hydrogens (tertiary/aromatic N) is 2. The van der Waals surface area contributed by atoms with E-state index >= 15 is 0 Å². The molecule has 2 aliphatic heterocycles. The molecule has 0 radical (unpaired) electrons. The monoisotopic (exact) mass is 323 g/mol. The van der Waals surface area contributed by atoms with Gasteiger partial charge in [0.05, 0.1) is 6.54 Å². The van der Waals surface area contributed by atoms with Crippen molar-refractivity contribution in [3.8, 4) is 0 Å². The maximum Gasteiger partial charge on any atom is 0.237 e. The zero-order chi connectivity index (χ0) is 14.7. The molecular weight excluding hydrogens is 298 g/mol. The molecule has 3 rings (SSSR count). The van der Waals surface area contributed by atoms with E-state index in [1.807, 2.05) is 23.1 Å². The SMILES string of the molecule is CCN(Cc1ccccc1)C(=O)CN1C[C@H]2CNC[C@H]2C1.Cl. The third-order valence-electron chi connectivity index (χ3n) is 4.77. The Balaban J connectivity index is 0.00000176. The summed E-state index contributed by atoms with van der Waals surface area (Å²) in [6.45, 7) is 8.53. The molecule has 0 spiro atoms. The molecule has 1 amide bonds. The van der Waals surface area contributed by atoms with Crippen molar-refractivity contribution in [3.05, 3.63) is 35.9 Å². The van der Waals surface area contributed by atoms with Crippen molar-refractivity contribution in [2.45, 2.75) is 13.5 Å². The second kappa shape index (κ2) is 7.95. The minimum Gasteiger partial charge on any atom is -0.338 e. The van der Waals surface area contributed by atoms with Gasteiger partial charge in [-0.25, -0.2) is 0 Å². The van der Waals surface area contributed by atoms with Gasteiger partial charge < -0.3 is 10.2 Å². The molecule has 22 heavy (non-hydrogen) atoms. The molecule has 0 aromatic heterocycles. The van der Waals surface area contributed by atoms with Crippen molar-refractivity contribution in [1.82, 2.24) is 15.1 Å². The van der Waals surface area contributed by atoms with E-state index in [1.165, 1.54) is 5.56 Å². The number of rotatable bonds is 5. The Hall–Kier alpha value is -1.10. The summed E-state index contributed by atoms with van der Waals surface area (Å²) in [4.78, 5) is 16.8. The summed E-state index contributed by atoms with van der Waals surface area (Å²) in [6.07, 6.45) is 0. The van der Waals surface area contributed by atoms with Gasteiger partial charge in [-0.2, -0.15) is 0 Å². The van der Waals surface area contributed by atoms with Crippen LogP contribution in [0.25, 0.3) is 0 Å². The summed E-state index contributed by atoms with van der Waals surface area (Å²) >= 11 is 0. The molecule has 2 atom stereocenters. The van der Waals surface area contributed by atoms with Gasteiger partial charge in [0.15, 0.2) is 0 Å². The van der Waals surface area contributed by atoms with Crippen LogP contribution in [0, 0.1) is 11.8 Å². The summed E-state index contributed by atoms with van der Waals surface area (Å²) < 4.78 is 0. The number of likely N-dealkylation sites (tertiary alicyclic amines) is 1. The van der Waals surface area contributed by atoms with Gasteiger partial charge in [-0.1, -0.05) is 30.3 Å². The summed E-state index contributed by atoms with van der Waals surface area (Å²) in [5.74, 6) is 1.76. The zero-order valence-corrected chi connectivity index (χ0v) is 14.0. The fraction of sp³-hybridized carbons (Fsp3) is 0.588. The average molecular weight is 324 g/mol. The third-order valence-corrected chi connectivity index (χ3v) is 4.77. The summed E-state index contributed by atoms with van der Waals surface area (Å²) in [6, 6.07) is 10.2. The number of benzene rings is 1. The van der Waals surface area contributed by atoms with Crippen molar-refractivity contribution in [1.29, 1.82) is 0 Å². The first-order chi connectivity index (χ1) is 10.3. The molecule has 0 aliphatic carbocycles. The Morgan fingerprint density at radius 1 is 1.23 bits per heavy atom. The standard InChI is InChI=1S/C17H25N3O.ClH/c1-2-20(10-14-6-4-3-5-7-14)17(21)13-19-11-15-8-18-9-16(15)12-19;/h3-7,15-16,18H,2,8-13H2,1H3;1H/t15-,16+;. The quantitative estimate of drug-likeness (QED) is 0.894. The van der Waals surface area contributed by atoms with Crippen molar-refractivity contribution in [2.24, 2.45) is 11.8 Å². The van der Waals surface area contributed by atoms with E-state index in [-0.39, 0.29) is 18.3 Å². The first-order valence-corrected chi connectivity index (χ1v) is 8.01. The van der Waals surface area contributed by atoms with Crippen LogP contribution >= 0.6 is 12.4 Å². The van der Waals surface area contributed by atoms with Gasteiger partial charge in [0.1, 0.15) is 0 Å². The molecule has 0 unspecified atom stereocenters. The van der Waals surface area contributed by atoms with Crippen molar-refractivity contribution < 1.29 is 4.79 Å². The zero-order valence-electron chi connectivity index (χ0n) is 13.2. The van der Waals surface area contributed by atoms with E-state index < -0.39 is 0 Å². The molecule has 0 saturated carbocycles. The molecule has 5 heteroatoms. The number of carbonyl (C=O) groups excluding carboxylic acids is 1. The second-order valence-corrected chi connectivity index (χ2v) is 6.27. The topological polar surface area (TPSA) is 35.6 Å². The smallest absolute Gasteiger partial charge is 0.237 e. The minimum absolute atomic E-state index is 0. The predicted octanol–water partition coefficient (Wildman–Crippen LogP) is 1.61. The summed E-state index contributed by atoms with van der Waals surface area (Å²) in [5.41, 5.74) is 1.20. The molecule has 1 aromatic carbocycles. The number of hydrogen-bond donors (Lipinski definition) is 1. The molecule has 122 valence electrons. The van der Waals surface area contributed by atoms with Crippen LogP contribution in [0.1, 0.15) is 12.5 Å². The summed E-state index contributed by atoms with van der Waals surface area (Å²) in [7, 11) is 0. The fourth-order valence-corrected chi connectivity index (χ4v) is 3.55. The number of halogens is 1. The number of hydrogen-bond acceptors (Lipinski definition) is 3. The molecule has 1 N–H and O–H groups in total. The van der Waals surface area contributed by atoms with Crippen LogP contribution in [0.3, 0.4) is 0 Å². The van der Waals surface area contributed by atoms with Gasteiger partial charge >= 0.3 is 0 Å². The number of amides is 1. The lowest BCUT2D eigenvalue weighted by molar-refractivity contribution is -0.132. The van der Waals surface area contributed by atoms with E-state index in [1.54, 1.807) is 0 Å². The molecule has 4 nitrogen and oxygen atoms in total. The lowest BCUT2D eigenvalue weighted by atomic mass is 10.0. The van der Waals surface area contributed by atoms with Gasteiger partial charge in [0.25, 0.3) is 0 Å². The normalized spacial score (nSPS) is 23.9. The van der Waals surface area contributed by atoms with Crippen LogP contribution in [-0.2, 0) is 11.3 Å². The Bertz CT molecular complexity index is 470. The maximum absolute atomic E-state index is 12.5. The Morgan fingerprint density at radius 3 is 2.45 bits per heavy atom. The van der Waals surface area contributed by atoms with Crippen LogP contribution in [0.2, 0.25) is 0 Å². The number of nitrogens with one attached hydrogen (secondary N) is 1. The molecular formula is C17H26ClN3O. The van der Waals surface area contributed by atoms with Gasteiger partial charge in [0, 0.05) is 26.2 Å². The molecule has 2 aliphatic rings. The Morgan fingerprint density at radius 2 is 1.86 bits per heavy atom. The van der Waals surface area contributed by atoms with E-state index in [4.69, 9.17) is 0 Å². The van der Waals surface area contributed by atoms with Gasteiger partial charge in [-0.3, -0.25) is 9.69 Å². The minimum atomic E-state index is 0. The number of carbonyl (C=O) groups is 1. The first kappa shape index (κ1) is 17.3. The summed E-state index contributed by atoms with van der Waals surface area (Å²) in [5, 5.41) is 3.44. The fourth-order valence-electron chi connectivity index (χ4n) is 3.55. The van der Waals surface area contributed by atoms with Gasteiger partial charge in [-0.05, 0) is 37.4 Å². The lowest BCUT2D eigenvalue weighted by Crippen LogP contribution is -2.40. The molecule has 0 bridgehead atoms. The highest BCUT2D eigenvalue weighted by Crippen LogP contribution is 2.26. The molecule has 2 heterocycles. The van der Waals surface area contributed by atoms with Crippen LogP contribution in [0.5, 0.6) is 0 Å². The van der Waals surface area contributed by atoms with Crippen molar-refractivity contribution in [2.75, 3.05) is 39.3 Å². The van der Waals surface area contributed by atoms with Crippen LogP contribution in [0.4, 0.5) is 0 Å². The van der Waals surface area contributed by atoms with Crippen LogP contribution < -0.4 is 5.32 Å². The molecule has 2 fully saturated rings. The third kappa shape index (κ3) is 4.00. The maximum atomic E-state index is 12.5. The molecule has 1 aromatic rings. The first-order valence-electron chi connectivity index (χ1n) is 8.01. The second-order valence-electron chi connectivity index (χ2n) is 6.27. The Kier molecular flexibility index (Phi) is 6.24. The van der Waals surface area contributed by atoms with Crippen molar-refractivity contribution >= 4 is 18.3 Å². The highest BCUT2D eigenvalue weighted by atomic mass is 35.5. The highest BCUT2D eigenvalue weighted by molar-refractivity contribution is 5.85. The largest absolute Gasteiger partial charge is 0.338 e. The number of likely N-dealkylation sites (N-methyl/N-ethyl adjacent to an activating group) is 1. The average Bonchev–Trinajstić information content (AvgIpc) is 3.06.